The fourth-order valence-electron chi connectivity index (χ4n) is 4.20. The number of amides is 3. The summed E-state index contributed by atoms with van der Waals surface area (Å²) in [7, 11) is 0. The number of hydrogen-bond donors (Lipinski definition) is 3. The van der Waals surface area contributed by atoms with Crippen molar-refractivity contribution >= 4 is 23.3 Å². The number of benzene rings is 2. The molecule has 0 aromatic heterocycles. The zero-order chi connectivity index (χ0) is 23.1. The highest BCUT2D eigenvalue weighted by Gasteiger charge is 2.33. The first kappa shape index (κ1) is 23.8. The Kier molecular flexibility index (Phi) is 8.25. The third-order valence-electron chi connectivity index (χ3n) is 5.42. The summed E-state index contributed by atoms with van der Waals surface area (Å²) in [4.78, 5) is 27.5. The Bertz CT molecular complexity index is 893. The summed E-state index contributed by atoms with van der Waals surface area (Å²) in [5.41, 5.74) is 2.31. The fourth-order valence-corrected chi connectivity index (χ4v) is 4.20. The molecule has 0 radical (unpaired) electrons. The quantitative estimate of drug-likeness (QED) is 0.608. The third-order valence-corrected chi connectivity index (χ3v) is 5.42. The second-order valence-electron chi connectivity index (χ2n) is 8.76. The summed E-state index contributed by atoms with van der Waals surface area (Å²) in [5, 5.41) is 8.71. The number of urea groups is 1. The molecular weight excluding hydrogens is 404 g/mol. The minimum absolute atomic E-state index is 0.0153. The van der Waals surface area contributed by atoms with E-state index in [1.54, 1.807) is 0 Å². The molecule has 0 saturated carbocycles. The van der Waals surface area contributed by atoms with E-state index < -0.39 is 0 Å². The SMILES string of the molecule is CC1CN(C(C(=O)NCc2cccc(NC(=O)Nc3ccccc3)c2)C(C)C)CC(C)O1. The highest BCUT2D eigenvalue weighted by Crippen LogP contribution is 2.19. The van der Waals surface area contributed by atoms with Gasteiger partial charge in [-0.05, 0) is 49.6 Å². The molecule has 2 aromatic rings. The van der Waals surface area contributed by atoms with Crippen molar-refractivity contribution in [1.29, 1.82) is 0 Å². The van der Waals surface area contributed by atoms with Crippen LogP contribution in [0.15, 0.2) is 54.6 Å². The maximum absolute atomic E-state index is 13.1. The molecule has 0 aliphatic carbocycles. The molecule has 3 amide bonds. The number of carbonyl (C=O) groups excluding carboxylic acids is 2. The number of nitrogens with one attached hydrogen (secondary N) is 3. The number of ether oxygens (including phenoxy) is 1. The molecule has 1 saturated heterocycles. The number of nitrogens with zero attached hydrogens (tertiary/aromatic N) is 1. The first-order valence-electron chi connectivity index (χ1n) is 11.2. The zero-order valence-corrected chi connectivity index (χ0v) is 19.3. The van der Waals surface area contributed by atoms with Crippen molar-refractivity contribution < 1.29 is 14.3 Å². The minimum Gasteiger partial charge on any atom is -0.373 e. The van der Waals surface area contributed by atoms with Crippen LogP contribution in [0, 0.1) is 5.92 Å². The molecule has 32 heavy (non-hydrogen) atoms. The molecular formula is C25H34N4O3. The van der Waals surface area contributed by atoms with Crippen molar-refractivity contribution in [3.63, 3.8) is 0 Å². The van der Waals surface area contributed by atoms with Gasteiger partial charge in [-0.2, -0.15) is 0 Å². The van der Waals surface area contributed by atoms with Gasteiger partial charge in [-0.3, -0.25) is 9.69 Å². The van der Waals surface area contributed by atoms with Gasteiger partial charge in [0.2, 0.25) is 5.91 Å². The third kappa shape index (κ3) is 6.80. The summed E-state index contributed by atoms with van der Waals surface area (Å²) >= 11 is 0. The van der Waals surface area contributed by atoms with Crippen molar-refractivity contribution in [3.05, 3.63) is 60.2 Å². The van der Waals surface area contributed by atoms with E-state index in [-0.39, 0.29) is 36.1 Å². The molecule has 0 bridgehead atoms. The van der Waals surface area contributed by atoms with Gasteiger partial charge < -0.3 is 20.7 Å². The maximum atomic E-state index is 13.1. The average molecular weight is 439 g/mol. The predicted molar refractivity (Wildman–Crippen MR) is 128 cm³/mol. The van der Waals surface area contributed by atoms with Crippen LogP contribution in [-0.2, 0) is 16.1 Å². The number of para-hydroxylation sites is 1. The van der Waals surface area contributed by atoms with Crippen LogP contribution in [0.25, 0.3) is 0 Å². The molecule has 2 aromatic carbocycles. The van der Waals surface area contributed by atoms with Crippen molar-refractivity contribution in [1.82, 2.24) is 10.2 Å². The Morgan fingerprint density at radius 2 is 1.59 bits per heavy atom. The van der Waals surface area contributed by atoms with Gasteiger partial charge >= 0.3 is 6.03 Å². The normalized spacial score (nSPS) is 19.9. The van der Waals surface area contributed by atoms with Gasteiger partial charge in [0.25, 0.3) is 0 Å². The van der Waals surface area contributed by atoms with Crippen LogP contribution in [-0.4, -0.2) is 48.2 Å². The molecule has 7 heteroatoms. The lowest BCUT2D eigenvalue weighted by Crippen LogP contribution is -2.56. The first-order valence-corrected chi connectivity index (χ1v) is 11.2. The van der Waals surface area contributed by atoms with Gasteiger partial charge in [0.1, 0.15) is 0 Å². The molecule has 3 N–H and O–H groups in total. The smallest absolute Gasteiger partial charge is 0.323 e. The second kappa shape index (κ2) is 11.1. The topological polar surface area (TPSA) is 82.7 Å². The zero-order valence-electron chi connectivity index (χ0n) is 19.3. The predicted octanol–water partition coefficient (Wildman–Crippen LogP) is 4.08. The van der Waals surface area contributed by atoms with E-state index in [2.05, 4.69) is 34.7 Å². The largest absolute Gasteiger partial charge is 0.373 e. The average Bonchev–Trinajstić information content (AvgIpc) is 2.72. The van der Waals surface area contributed by atoms with E-state index in [1.807, 2.05) is 68.4 Å². The highest BCUT2D eigenvalue weighted by atomic mass is 16.5. The van der Waals surface area contributed by atoms with Crippen LogP contribution in [0.3, 0.4) is 0 Å². The van der Waals surface area contributed by atoms with Crippen molar-refractivity contribution in [3.8, 4) is 0 Å². The summed E-state index contributed by atoms with van der Waals surface area (Å²) in [6, 6.07) is 16.2. The minimum atomic E-state index is -0.312. The van der Waals surface area contributed by atoms with Gasteiger partial charge in [0, 0.05) is 31.0 Å². The number of rotatable bonds is 7. The molecule has 7 nitrogen and oxygen atoms in total. The molecule has 1 heterocycles. The van der Waals surface area contributed by atoms with Gasteiger partial charge in [-0.1, -0.05) is 44.2 Å². The van der Waals surface area contributed by atoms with Gasteiger partial charge in [-0.15, -0.1) is 0 Å². The molecule has 3 rings (SSSR count). The van der Waals surface area contributed by atoms with Crippen molar-refractivity contribution in [2.75, 3.05) is 23.7 Å². The van der Waals surface area contributed by atoms with Crippen LogP contribution < -0.4 is 16.0 Å². The molecule has 172 valence electrons. The molecule has 1 fully saturated rings. The fraction of sp³-hybridized carbons (Fsp3) is 0.440. The van der Waals surface area contributed by atoms with Crippen LogP contribution in [0.1, 0.15) is 33.3 Å². The van der Waals surface area contributed by atoms with E-state index in [9.17, 15) is 9.59 Å². The first-order chi connectivity index (χ1) is 15.3. The highest BCUT2D eigenvalue weighted by molar-refractivity contribution is 5.99. The standard InChI is InChI=1S/C25H34N4O3/c1-17(2)23(29-15-18(3)32-19(4)16-29)24(30)26-14-20-9-8-12-22(13-20)28-25(31)27-21-10-6-5-7-11-21/h5-13,17-19,23H,14-16H2,1-4H3,(H,26,30)(H2,27,28,31). The van der Waals surface area contributed by atoms with Crippen LogP contribution in [0.2, 0.25) is 0 Å². The molecule has 3 atom stereocenters. The van der Waals surface area contributed by atoms with E-state index in [1.165, 1.54) is 0 Å². The Morgan fingerprint density at radius 3 is 2.25 bits per heavy atom. The van der Waals surface area contributed by atoms with Crippen LogP contribution in [0.5, 0.6) is 0 Å². The van der Waals surface area contributed by atoms with Gasteiger partial charge in [0.05, 0.1) is 18.2 Å². The van der Waals surface area contributed by atoms with Gasteiger partial charge in [-0.25, -0.2) is 4.79 Å². The van der Waals surface area contributed by atoms with E-state index in [0.29, 0.717) is 12.2 Å². The Morgan fingerprint density at radius 1 is 0.969 bits per heavy atom. The summed E-state index contributed by atoms with van der Waals surface area (Å²) < 4.78 is 5.82. The Hall–Kier alpha value is -2.90. The van der Waals surface area contributed by atoms with Crippen LogP contribution in [0.4, 0.5) is 16.2 Å². The summed E-state index contributed by atoms with van der Waals surface area (Å²) in [6.07, 6.45) is 0.218. The van der Waals surface area contributed by atoms with E-state index in [4.69, 9.17) is 4.74 Å². The molecule has 1 aliphatic rings. The number of hydrogen-bond acceptors (Lipinski definition) is 4. The van der Waals surface area contributed by atoms with E-state index in [0.717, 1.165) is 24.3 Å². The number of carbonyl (C=O) groups is 2. The monoisotopic (exact) mass is 438 g/mol. The number of morpholine rings is 1. The lowest BCUT2D eigenvalue weighted by atomic mass is 9.99. The second-order valence-corrected chi connectivity index (χ2v) is 8.76. The Labute approximate surface area is 190 Å². The van der Waals surface area contributed by atoms with Gasteiger partial charge in [0.15, 0.2) is 0 Å². The Balaban J connectivity index is 1.57. The summed E-state index contributed by atoms with van der Waals surface area (Å²) in [5.74, 6) is 0.198. The lowest BCUT2D eigenvalue weighted by Gasteiger charge is -2.41. The van der Waals surface area contributed by atoms with E-state index >= 15 is 0 Å². The van der Waals surface area contributed by atoms with Crippen LogP contribution >= 0.6 is 0 Å². The molecule has 1 aliphatic heterocycles. The number of anilines is 2. The van der Waals surface area contributed by atoms with Crippen molar-refractivity contribution in [2.24, 2.45) is 5.92 Å². The summed E-state index contributed by atoms with van der Waals surface area (Å²) in [6.45, 7) is 10.1. The molecule has 0 spiro atoms. The van der Waals surface area contributed by atoms with Crippen molar-refractivity contribution in [2.45, 2.75) is 52.5 Å². The molecule has 3 unspecified atom stereocenters. The maximum Gasteiger partial charge on any atom is 0.323 e. The lowest BCUT2D eigenvalue weighted by molar-refractivity contribution is -0.135.